The van der Waals surface area contributed by atoms with Crippen LogP contribution >= 0.6 is 24.8 Å². The molecule has 1 rings (SSSR count). The summed E-state index contributed by atoms with van der Waals surface area (Å²) < 4.78 is 0. The molecular weight excluding hydrogens is 207 g/mol. The van der Waals surface area contributed by atoms with Crippen molar-refractivity contribution in [1.29, 1.82) is 0 Å². The zero-order chi connectivity index (χ0) is 8.10. The van der Waals surface area contributed by atoms with Gasteiger partial charge in [0.15, 0.2) is 0 Å². The fourth-order valence-corrected chi connectivity index (χ4v) is 1.72. The number of nitrogens with one attached hydrogen (secondary N) is 1. The molecule has 1 N–H and O–H groups in total. The molecule has 4 heteroatoms. The summed E-state index contributed by atoms with van der Waals surface area (Å²) in [6.45, 7) is 9.43. The molecule has 2 nitrogen and oxygen atoms in total. The van der Waals surface area contributed by atoms with Crippen LogP contribution in [0.15, 0.2) is 0 Å². The number of hydrogen-bond donors (Lipinski definition) is 1. The van der Waals surface area contributed by atoms with Gasteiger partial charge in [-0.3, -0.25) is 4.90 Å². The van der Waals surface area contributed by atoms with Gasteiger partial charge in [0, 0.05) is 32.2 Å². The van der Waals surface area contributed by atoms with Gasteiger partial charge in [0.1, 0.15) is 0 Å². The van der Waals surface area contributed by atoms with Gasteiger partial charge in [-0.05, 0) is 13.3 Å². The summed E-state index contributed by atoms with van der Waals surface area (Å²) >= 11 is 0. The summed E-state index contributed by atoms with van der Waals surface area (Å²) in [6, 6.07) is 0.794. The highest BCUT2D eigenvalue weighted by atomic mass is 35.5. The molecule has 82 valence electrons. The summed E-state index contributed by atoms with van der Waals surface area (Å²) in [7, 11) is 0. The Morgan fingerprint density at radius 3 is 2.23 bits per heavy atom. The lowest BCUT2D eigenvalue weighted by Gasteiger charge is -2.32. The minimum absolute atomic E-state index is 0. The number of nitrogens with zero attached hydrogens (tertiary/aromatic N) is 1. The molecule has 1 aliphatic rings. The Morgan fingerprint density at radius 2 is 1.77 bits per heavy atom. The molecule has 0 bridgehead atoms. The minimum atomic E-state index is 0. The Kier molecular flexibility index (Phi) is 11.1. The molecule has 0 aromatic carbocycles. The van der Waals surface area contributed by atoms with Gasteiger partial charge in [-0.1, -0.05) is 13.3 Å². The second-order valence-corrected chi connectivity index (χ2v) is 3.42. The molecule has 1 fully saturated rings. The molecule has 0 spiro atoms. The molecule has 0 amide bonds. The summed E-state index contributed by atoms with van der Waals surface area (Å²) in [4.78, 5) is 2.58. The summed E-state index contributed by atoms with van der Waals surface area (Å²) in [5, 5.41) is 3.37. The Bertz CT molecular complexity index is 106. The first-order chi connectivity index (χ1) is 5.34. The van der Waals surface area contributed by atoms with Crippen LogP contribution in [-0.4, -0.2) is 37.1 Å². The number of rotatable bonds is 3. The maximum absolute atomic E-state index is 3.37. The van der Waals surface area contributed by atoms with Gasteiger partial charge in [0.05, 0.1) is 0 Å². The first-order valence-electron chi connectivity index (χ1n) is 4.79. The highest BCUT2D eigenvalue weighted by molar-refractivity contribution is 5.85. The van der Waals surface area contributed by atoms with E-state index in [0.717, 1.165) is 6.04 Å². The molecule has 1 unspecified atom stereocenters. The normalized spacial score (nSPS) is 19.8. The summed E-state index contributed by atoms with van der Waals surface area (Å²) in [5.41, 5.74) is 0. The summed E-state index contributed by atoms with van der Waals surface area (Å²) in [6.07, 6.45) is 2.66. The molecule has 0 radical (unpaired) electrons. The van der Waals surface area contributed by atoms with E-state index >= 15 is 0 Å². The fraction of sp³-hybridized carbons (Fsp3) is 1.00. The monoisotopic (exact) mass is 228 g/mol. The molecule has 1 saturated heterocycles. The highest BCUT2D eigenvalue weighted by Crippen LogP contribution is 2.06. The van der Waals surface area contributed by atoms with Crippen molar-refractivity contribution in [3.05, 3.63) is 0 Å². The van der Waals surface area contributed by atoms with Crippen molar-refractivity contribution in [3.8, 4) is 0 Å². The van der Waals surface area contributed by atoms with Crippen LogP contribution in [0.25, 0.3) is 0 Å². The average Bonchev–Trinajstić information content (AvgIpc) is 2.07. The van der Waals surface area contributed by atoms with Crippen LogP contribution < -0.4 is 5.32 Å². The van der Waals surface area contributed by atoms with Gasteiger partial charge in [0.2, 0.25) is 0 Å². The van der Waals surface area contributed by atoms with E-state index in [0.29, 0.717) is 0 Å². The zero-order valence-electron chi connectivity index (χ0n) is 8.58. The Morgan fingerprint density at radius 1 is 1.23 bits per heavy atom. The molecule has 0 aromatic heterocycles. The van der Waals surface area contributed by atoms with E-state index in [9.17, 15) is 0 Å². The van der Waals surface area contributed by atoms with Gasteiger partial charge in [-0.25, -0.2) is 0 Å². The third-order valence-corrected chi connectivity index (χ3v) is 2.48. The van der Waals surface area contributed by atoms with E-state index in [1.807, 2.05) is 0 Å². The molecular formula is C9H22Cl2N2. The van der Waals surface area contributed by atoms with E-state index < -0.39 is 0 Å². The summed E-state index contributed by atoms with van der Waals surface area (Å²) in [5.74, 6) is 0. The predicted molar refractivity (Wildman–Crippen MR) is 63.3 cm³/mol. The Balaban J connectivity index is 0. The van der Waals surface area contributed by atoms with E-state index in [4.69, 9.17) is 0 Å². The van der Waals surface area contributed by atoms with Crippen molar-refractivity contribution in [2.75, 3.05) is 26.2 Å². The van der Waals surface area contributed by atoms with Crippen LogP contribution in [0, 0.1) is 0 Å². The quantitative estimate of drug-likeness (QED) is 0.795. The van der Waals surface area contributed by atoms with Gasteiger partial charge in [-0.15, -0.1) is 24.8 Å². The van der Waals surface area contributed by atoms with Gasteiger partial charge < -0.3 is 5.32 Å². The Labute approximate surface area is 94.3 Å². The molecule has 1 atom stereocenters. The SMILES string of the molecule is CCCC(C)N1CCNCC1.Cl.Cl. The first-order valence-corrected chi connectivity index (χ1v) is 4.79. The highest BCUT2D eigenvalue weighted by Gasteiger charge is 2.14. The van der Waals surface area contributed by atoms with Crippen LogP contribution in [0.4, 0.5) is 0 Å². The molecule has 0 saturated carbocycles. The standard InChI is InChI=1S/C9H20N2.2ClH/c1-3-4-9(2)11-7-5-10-6-8-11;;/h9-10H,3-8H2,1-2H3;2*1H. The number of halogens is 2. The van der Waals surface area contributed by atoms with E-state index in [1.54, 1.807) is 0 Å². The van der Waals surface area contributed by atoms with E-state index in [2.05, 4.69) is 24.1 Å². The van der Waals surface area contributed by atoms with Crippen molar-refractivity contribution in [1.82, 2.24) is 10.2 Å². The van der Waals surface area contributed by atoms with Crippen LogP contribution in [0.1, 0.15) is 26.7 Å². The van der Waals surface area contributed by atoms with E-state index in [-0.39, 0.29) is 24.8 Å². The van der Waals surface area contributed by atoms with Gasteiger partial charge in [-0.2, -0.15) is 0 Å². The maximum Gasteiger partial charge on any atom is 0.0110 e. The predicted octanol–water partition coefficient (Wildman–Crippen LogP) is 1.92. The molecule has 1 aliphatic heterocycles. The second-order valence-electron chi connectivity index (χ2n) is 3.42. The maximum atomic E-state index is 3.37. The van der Waals surface area contributed by atoms with Crippen LogP contribution in [0.3, 0.4) is 0 Å². The smallest absolute Gasteiger partial charge is 0.0110 e. The largest absolute Gasteiger partial charge is 0.314 e. The molecule has 0 aromatic rings. The molecule has 13 heavy (non-hydrogen) atoms. The third-order valence-electron chi connectivity index (χ3n) is 2.48. The third kappa shape index (κ3) is 5.74. The van der Waals surface area contributed by atoms with Crippen molar-refractivity contribution in [2.24, 2.45) is 0 Å². The molecule has 0 aliphatic carbocycles. The topological polar surface area (TPSA) is 15.3 Å². The first kappa shape index (κ1) is 15.9. The lowest BCUT2D eigenvalue weighted by atomic mass is 10.1. The number of piperazine rings is 1. The van der Waals surface area contributed by atoms with Crippen molar-refractivity contribution in [3.63, 3.8) is 0 Å². The Hall–Kier alpha value is 0.500. The van der Waals surface area contributed by atoms with Crippen LogP contribution in [0.2, 0.25) is 0 Å². The van der Waals surface area contributed by atoms with Gasteiger partial charge >= 0.3 is 0 Å². The number of hydrogen-bond acceptors (Lipinski definition) is 2. The van der Waals surface area contributed by atoms with Crippen LogP contribution in [-0.2, 0) is 0 Å². The fourth-order valence-electron chi connectivity index (χ4n) is 1.72. The minimum Gasteiger partial charge on any atom is -0.314 e. The average molecular weight is 229 g/mol. The van der Waals surface area contributed by atoms with Crippen molar-refractivity contribution >= 4 is 24.8 Å². The lowest BCUT2D eigenvalue weighted by Crippen LogP contribution is -2.47. The molecule has 1 heterocycles. The van der Waals surface area contributed by atoms with Crippen LogP contribution in [0.5, 0.6) is 0 Å². The lowest BCUT2D eigenvalue weighted by molar-refractivity contribution is 0.176. The van der Waals surface area contributed by atoms with Gasteiger partial charge in [0.25, 0.3) is 0 Å². The zero-order valence-corrected chi connectivity index (χ0v) is 10.2. The second kappa shape index (κ2) is 9.07. The van der Waals surface area contributed by atoms with E-state index in [1.165, 1.54) is 39.0 Å². The van der Waals surface area contributed by atoms with Crippen molar-refractivity contribution in [2.45, 2.75) is 32.7 Å². The van der Waals surface area contributed by atoms with Crippen molar-refractivity contribution < 1.29 is 0 Å².